The number of anilines is 1. The average Bonchev–Trinajstić information content (AvgIpc) is 2.84. The van der Waals surface area contributed by atoms with Crippen molar-refractivity contribution in [1.29, 1.82) is 0 Å². The molecule has 0 radical (unpaired) electrons. The van der Waals surface area contributed by atoms with E-state index in [0.717, 1.165) is 16.1 Å². The van der Waals surface area contributed by atoms with Crippen molar-refractivity contribution in [3.63, 3.8) is 0 Å². The van der Waals surface area contributed by atoms with Crippen molar-refractivity contribution in [2.45, 2.75) is 45.3 Å². The molecule has 2 amide bonds. The summed E-state index contributed by atoms with van der Waals surface area (Å²) in [4.78, 5) is 28.9. The highest BCUT2D eigenvalue weighted by Crippen LogP contribution is 2.24. The molecule has 0 bridgehead atoms. The van der Waals surface area contributed by atoms with E-state index < -0.39 is 45.8 Å². The highest BCUT2D eigenvalue weighted by atomic mass is 79.9. The third kappa shape index (κ3) is 8.90. The zero-order valence-corrected chi connectivity index (χ0v) is 24.8. The first-order valence-electron chi connectivity index (χ1n) is 12.4. The molecule has 1 unspecified atom stereocenters. The number of halogens is 2. The summed E-state index contributed by atoms with van der Waals surface area (Å²) in [6.07, 6.45) is 1.16. The Morgan fingerprint density at radius 2 is 1.62 bits per heavy atom. The van der Waals surface area contributed by atoms with Crippen molar-refractivity contribution in [3.8, 4) is 0 Å². The van der Waals surface area contributed by atoms with Gasteiger partial charge in [0.1, 0.15) is 18.4 Å². The van der Waals surface area contributed by atoms with Gasteiger partial charge >= 0.3 is 0 Å². The zero-order chi connectivity index (χ0) is 28.8. The Bertz CT molecular complexity index is 1410. The van der Waals surface area contributed by atoms with Gasteiger partial charge in [-0.2, -0.15) is 0 Å². The molecular formula is C29H33BrFN3O4S. The molecule has 0 aliphatic carbocycles. The lowest BCUT2D eigenvalue weighted by atomic mass is 10.0. The monoisotopic (exact) mass is 617 g/mol. The molecule has 0 saturated carbocycles. The molecule has 208 valence electrons. The Kier molecular flexibility index (Phi) is 9.90. The standard InChI is InChI=1S/C29H33BrFN3O4S/c1-29(2,3)32-28(36)26(17-21-11-6-5-7-12-21)33(19-22-13-8-9-16-25(22)31)27(35)20-34(39(4,37)38)24-15-10-14-23(30)18-24/h5-16,18,26H,17,19-20H2,1-4H3,(H,32,36). The fourth-order valence-electron chi connectivity index (χ4n) is 4.06. The number of amides is 2. The summed E-state index contributed by atoms with van der Waals surface area (Å²) in [5.41, 5.74) is 0.684. The molecule has 39 heavy (non-hydrogen) atoms. The van der Waals surface area contributed by atoms with Crippen LogP contribution < -0.4 is 9.62 Å². The van der Waals surface area contributed by atoms with E-state index in [2.05, 4.69) is 21.2 Å². The topological polar surface area (TPSA) is 86.8 Å². The van der Waals surface area contributed by atoms with Gasteiger partial charge < -0.3 is 10.2 Å². The van der Waals surface area contributed by atoms with Crippen LogP contribution in [0.4, 0.5) is 10.1 Å². The van der Waals surface area contributed by atoms with E-state index in [4.69, 9.17) is 0 Å². The van der Waals surface area contributed by atoms with Crippen molar-refractivity contribution in [1.82, 2.24) is 10.2 Å². The number of carbonyl (C=O) groups is 2. The molecule has 3 rings (SSSR count). The van der Waals surface area contributed by atoms with Crippen LogP contribution in [0.25, 0.3) is 0 Å². The van der Waals surface area contributed by atoms with Crippen molar-refractivity contribution in [2.24, 2.45) is 0 Å². The minimum atomic E-state index is -3.89. The van der Waals surface area contributed by atoms with Crippen LogP contribution in [-0.2, 0) is 32.6 Å². The number of hydrogen-bond donors (Lipinski definition) is 1. The summed E-state index contributed by atoms with van der Waals surface area (Å²) in [6.45, 7) is 4.68. The van der Waals surface area contributed by atoms with Gasteiger partial charge in [-0.15, -0.1) is 0 Å². The summed E-state index contributed by atoms with van der Waals surface area (Å²) >= 11 is 3.34. The van der Waals surface area contributed by atoms with Crippen LogP contribution in [-0.4, -0.2) is 49.5 Å². The molecular weight excluding hydrogens is 585 g/mol. The SMILES string of the molecule is CC(C)(C)NC(=O)C(Cc1ccccc1)N(Cc1ccccc1F)C(=O)CN(c1cccc(Br)c1)S(C)(=O)=O. The molecule has 0 spiro atoms. The largest absolute Gasteiger partial charge is 0.350 e. The van der Waals surface area contributed by atoms with Gasteiger partial charge in [0.05, 0.1) is 11.9 Å². The summed E-state index contributed by atoms with van der Waals surface area (Å²) in [5.74, 6) is -1.60. The lowest BCUT2D eigenvalue weighted by Gasteiger charge is -2.35. The maximum absolute atomic E-state index is 14.8. The fraction of sp³-hybridized carbons (Fsp3) is 0.310. The van der Waals surface area contributed by atoms with Gasteiger partial charge in [-0.1, -0.05) is 70.5 Å². The molecule has 7 nitrogen and oxygen atoms in total. The molecule has 1 atom stereocenters. The van der Waals surface area contributed by atoms with Crippen molar-refractivity contribution in [2.75, 3.05) is 17.1 Å². The van der Waals surface area contributed by atoms with E-state index in [0.29, 0.717) is 4.47 Å². The molecule has 10 heteroatoms. The van der Waals surface area contributed by atoms with Gasteiger partial charge in [0.25, 0.3) is 0 Å². The molecule has 0 aliphatic rings. The van der Waals surface area contributed by atoms with Crippen LogP contribution in [0.1, 0.15) is 31.9 Å². The fourth-order valence-corrected chi connectivity index (χ4v) is 5.29. The number of rotatable bonds is 10. The quantitative estimate of drug-likeness (QED) is 0.350. The van der Waals surface area contributed by atoms with Gasteiger partial charge in [0.15, 0.2) is 0 Å². The maximum Gasteiger partial charge on any atom is 0.244 e. The van der Waals surface area contributed by atoms with Crippen LogP contribution in [0.5, 0.6) is 0 Å². The van der Waals surface area contributed by atoms with E-state index in [-0.39, 0.29) is 24.2 Å². The Morgan fingerprint density at radius 3 is 2.21 bits per heavy atom. The van der Waals surface area contributed by atoms with E-state index >= 15 is 0 Å². The number of benzene rings is 3. The molecule has 0 aromatic heterocycles. The van der Waals surface area contributed by atoms with Gasteiger partial charge in [-0.05, 0) is 50.6 Å². The molecule has 0 aliphatic heterocycles. The summed E-state index contributed by atoms with van der Waals surface area (Å²) in [5, 5.41) is 2.93. The van der Waals surface area contributed by atoms with Crippen LogP contribution >= 0.6 is 15.9 Å². The lowest BCUT2D eigenvalue weighted by molar-refractivity contribution is -0.140. The first-order chi connectivity index (χ1) is 18.2. The molecule has 1 N–H and O–H groups in total. The number of sulfonamides is 1. The van der Waals surface area contributed by atoms with Gasteiger partial charge in [0.2, 0.25) is 21.8 Å². The molecule has 3 aromatic carbocycles. The third-order valence-electron chi connectivity index (χ3n) is 5.84. The van der Waals surface area contributed by atoms with E-state index in [1.807, 2.05) is 51.1 Å². The van der Waals surface area contributed by atoms with E-state index in [9.17, 15) is 22.4 Å². The zero-order valence-electron chi connectivity index (χ0n) is 22.4. The highest BCUT2D eigenvalue weighted by molar-refractivity contribution is 9.10. The number of carbonyl (C=O) groups excluding carboxylic acids is 2. The summed E-state index contributed by atoms with van der Waals surface area (Å²) in [7, 11) is -3.89. The first kappa shape index (κ1) is 30.3. The van der Waals surface area contributed by atoms with Crippen molar-refractivity contribution >= 4 is 43.5 Å². The van der Waals surface area contributed by atoms with E-state index in [1.54, 1.807) is 36.4 Å². The predicted molar refractivity (Wildman–Crippen MR) is 155 cm³/mol. The minimum Gasteiger partial charge on any atom is -0.350 e. The molecule has 0 fully saturated rings. The second kappa shape index (κ2) is 12.7. The predicted octanol–water partition coefficient (Wildman–Crippen LogP) is 4.91. The van der Waals surface area contributed by atoms with Crippen molar-refractivity contribution in [3.05, 3.63) is 100 Å². The molecule has 0 saturated heterocycles. The van der Waals surface area contributed by atoms with Crippen LogP contribution in [0.2, 0.25) is 0 Å². The van der Waals surface area contributed by atoms with Gasteiger partial charge in [0, 0.05) is 28.5 Å². The van der Waals surface area contributed by atoms with Gasteiger partial charge in [-0.25, -0.2) is 12.8 Å². The molecule has 3 aromatic rings. The maximum atomic E-state index is 14.8. The first-order valence-corrected chi connectivity index (χ1v) is 15.0. The number of nitrogens with one attached hydrogen (secondary N) is 1. The third-order valence-corrected chi connectivity index (χ3v) is 7.48. The second-order valence-electron chi connectivity index (χ2n) is 10.3. The van der Waals surface area contributed by atoms with Crippen LogP contribution in [0, 0.1) is 5.82 Å². The Hall–Kier alpha value is -3.24. The normalized spacial score (nSPS) is 12.5. The van der Waals surface area contributed by atoms with Crippen molar-refractivity contribution < 1.29 is 22.4 Å². The Balaban J connectivity index is 2.09. The van der Waals surface area contributed by atoms with Gasteiger partial charge in [-0.3, -0.25) is 13.9 Å². The Labute approximate surface area is 238 Å². The number of nitrogens with zero attached hydrogens (tertiary/aromatic N) is 2. The average molecular weight is 619 g/mol. The number of hydrogen-bond acceptors (Lipinski definition) is 4. The lowest BCUT2D eigenvalue weighted by Crippen LogP contribution is -2.56. The Morgan fingerprint density at radius 1 is 0.974 bits per heavy atom. The second-order valence-corrected chi connectivity index (χ2v) is 13.1. The van der Waals surface area contributed by atoms with Crippen LogP contribution in [0.3, 0.4) is 0 Å². The summed E-state index contributed by atoms with van der Waals surface area (Å²) in [6, 6.07) is 20.7. The minimum absolute atomic E-state index is 0.151. The molecule has 0 heterocycles. The van der Waals surface area contributed by atoms with Crippen LogP contribution in [0.15, 0.2) is 83.3 Å². The highest BCUT2D eigenvalue weighted by Gasteiger charge is 2.34. The smallest absolute Gasteiger partial charge is 0.244 e. The summed E-state index contributed by atoms with van der Waals surface area (Å²) < 4.78 is 42.0. The van der Waals surface area contributed by atoms with E-state index in [1.165, 1.54) is 17.0 Å².